The quantitative estimate of drug-likeness (QED) is 0.306. The minimum atomic E-state index is -2.08. The average molecular weight is 470 g/mol. The van der Waals surface area contributed by atoms with Crippen LogP contribution in [0, 0.1) is 11.9 Å². The summed E-state index contributed by atoms with van der Waals surface area (Å²) in [7, 11) is -2.08. The topological polar surface area (TPSA) is 84.7 Å². The number of fused-ring (bicyclic) bond motifs is 1. The number of aromatic nitrogens is 2. The molecule has 0 bridgehead atoms. The van der Waals surface area contributed by atoms with E-state index in [0.29, 0.717) is 35.6 Å². The Kier molecular flexibility index (Phi) is 5.56. The first kappa shape index (κ1) is 23.0. The van der Waals surface area contributed by atoms with E-state index in [1.165, 1.54) is 6.07 Å². The van der Waals surface area contributed by atoms with E-state index in [2.05, 4.69) is 38.8 Å². The zero-order chi connectivity index (χ0) is 24.1. The van der Waals surface area contributed by atoms with Gasteiger partial charge in [-0.1, -0.05) is 20.8 Å². The van der Waals surface area contributed by atoms with Crippen LogP contribution in [0.4, 0.5) is 15.0 Å². The minimum Gasteiger partial charge on any atom is -0.543 e. The van der Waals surface area contributed by atoms with Crippen molar-refractivity contribution in [1.29, 1.82) is 0 Å². The van der Waals surface area contributed by atoms with Gasteiger partial charge in [-0.05, 0) is 54.5 Å². The van der Waals surface area contributed by atoms with Gasteiger partial charge in [0.05, 0.1) is 16.8 Å². The van der Waals surface area contributed by atoms with Gasteiger partial charge in [0.1, 0.15) is 17.9 Å². The van der Waals surface area contributed by atoms with Crippen LogP contribution in [0.2, 0.25) is 18.1 Å². The lowest BCUT2D eigenvalue weighted by atomic mass is 10.0. The zero-order valence-corrected chi connectivity index (χ0v) is 20.4. The van der Waals surface area contributed by atoms with Crippen LogP contribution in [0.3, 0.4) is 0 Å². The molecule has 0 spiro atoms. The molecule has 1 saturated heterocycles. The van der Waals surface area contributed by atoms with E-state index in [1.54, 1.807) is 30.3 Å². The van der Waals surface area contributed by atoms with E-state index >= 15 is 4.39 Å². The van der Waals surface area contributed by atoms with Gasteiger partial charge in [-0.25, -0.2) is 14.3 Å². The monoisotopic (exact) mass is 469 g/mol. The summed E-state index contributed by atoms with van der Waals surface area (Å²) in [6.07, 6.45) is -0.326. The number of carbonyl (C=O) groups excluding carboxylic acids is 1. The number of hydrogen-bond acceptors (Lipinski definition) is 5. The molecule has 9 heteroatoms. The Morgan fingerprint density at radius 3 is 2.48 bits per heavy atom. The Balaban J connectivity index is 1.73. The second-order valence-corrected chi connectivity index (χ2v) is 14.8. The van der Waals surface area contributed by atoms with Crippen LogP contribution in [-0.4, -0.2) is 48.4 Å². The van der Waals surface area contributed by atoms with Gasteiger partial charge in [-0.2, -0.15) is 4.39 Å². The number of halogens is 1. The molecule has 3 aromatic rings. The van der Waals surface area contributed by atoms with E-state index in [0.717, 1.165) is 10.9 Å². The Morgan fingerprint density at radius 2 is 1.91 bits per heavy atom. The number of carbonyl (C=O) groups is 2. The van der Waals surface area contributed by atoms with Crippen molar-refractivity contribution in [3.8, 4) is 17.0 Å². The Labute approximate surface area is 192 Å². The van der Waals surface area contributed by atoms with E-state index in [4.69, 9.17) is 4.43 Å². The highest BCUT2D eigenvalue weighted by Crippen LogP contribution is 2.39. The summed E-state index contributed by atoms with van der Waals surface area (Å²) >= 11 is 0. The predicted molar refractivity (Wildman–Crippen MR) is 128 cm³/mol. The van der Waals surface area contributed by atoms with E-state index in [9.17, 15) is 14.7 Å². The third-order valence-corrected chi connectivity index (χ3v) is 11.0. The molecular formula is C24H28FN3O4Si. The molecule has 0 saturated carbocycles. The maximum Gasteiger partial charge on any atom is 0.416 e. The maximum atomic E-state index is 15.0. The molecule has 1 fully saturated rings. The van der Waals surface area contributed by atoms with Crippen LogP contribution in [-0.2, 0) is 4.79 Å². The fourth-order valence-corrected chi connectivity index (χ4v) is 4.71. The van der Waals surface area contributed by atoms with Crippen LogP contribution in [0.5, 0.6) is 5.75 Å². The summed E-state index contributed by atoms with van der Waals surface area (Å²) in [5.41, 5.74) is 0.740. The lowest BCUT2D eigenvalue weighted by Crippen LogP contribution is -2.48. The number of benzene rings is 1. The molecule has 2 aromatic heterocycles. The molecule has 0 unspecified atom stereocenters. The molecule has 0 aliphatic carbocycles. The van der Waals surface area contributed by atoms with E-state index in [-0.39, 0.29) is 22.2 Å². The van der Waals surface area contributed by atoms with Crippen LogP contribution >= 0.6 is 0 Å². The Bertz CT molecular complexity index is 1240. The Hall–Kier alpha value is -3.20. The number of aldehydes is 1. The fraction of sp³-hybridized carbons (Fsp3) is 0.375. The summed E-state index contributed by atoms with van der Waals surface area (Å²) in [6.45, 7) is 11.7. The molecular weight excluding hydrogens is 441 g/mol. The van der Waals surface area contributed by atoms with Crippen molar-refractivity contribution < 1.29 is 23.5 Å². The highest BCUT2D eigenvalue weighted by Gasteiger charge is 2.39. The summed E-state index contributed by atoms with van der Waals surface area (Å²) in [4.78, 5) is 28.7. The second kappa shape index (κ2) is 7.98. The summed E-state index contributed by atoms with van der Waals surface area (Å²) in [6, 6.07) is 10.1. The lowest BCUT2D eigenvalue weighted by Gasteiger charge is -2.37. The van der Waals surface area contributed by atoms with Crippen LogP contribution in [0.25, 0.3) is 22.2 Å². The van der Waals surface area contributed by atoms with Gasteiger partial charge in [-0.3, -0.25) is 0 Å². The normalized spacial score (nSPS) is 14.9. The first-order valence-electron chi connectivity index (χ1n) is 10.9. The summed E-state index contributed by atoms with van der Waals surface area (Å²) in [5.74, 6) is 0.272. The first-order valence-corrected chi connectivity index (χ1v) is 13.8. The van der Waals surface area contributed by atoms with E-state index < -0.39 is 20.4 Å². The number of nitrogens with zero attached hydrogens (tertiary/aromatic N) is 3. The number of rotatable bonds is 5. The third kappa shape index (κ3) is 4.13. The number of hydrogen-bond donors (Lipinski definition) is 1. The molecule has 4 rings (SSSR count). The molecule has 1 N–H and O–H groups in total. The zero-order valence-electron chi connectivity index (χ0n) is 19.4. The van der Waals surface area contributed by atoms with Crippen molar-refractivity contribution >= 4 is 37.4 Å². The van der Waals surface area contributed by atoms with Crippen molar-refractivity contribution in [2.24, 2.45) is 5.92 Å². The molecule has 0 atom stereocenters. The van der Waals surface area contributed by atoms with Crippen molar-refractivity contribution in [3.05, 3.63) is 42.3 Å². The molecule has 3 heterocycles. The van der Waals surface area contributed by atoms with Gasteiger partial charge in [0.25, 0.3) is 0 Å². The molecule has 33 heavy (non-hydrogen) atoms. The molecule has 0 amide bonds. The average Bonchev–Trinajstić information content (AvgIpc) is 3.04. The molecule has 1 aliphatic heterocycles. The predicted octanol–water partition coefficient (Wildman–Crippen LogP) is 5.39. The van der Waals surface area contributed by atoms with Crippen LogP contribution in [0.1, 0.15) is 20.8 Å². The molecule has 7 nitrogen and oxygen atoms in total. The molecule has 1 aromatic carbocycles. The van der Waals surface area contributed by atoms with Gasteiger partial charge in [-0.15, -0.1) is 0 Å². The highest BCUT2D eigenvalue weighted by atomic mass is 28.4. The smallest absolute Gasteiger partial charge is 0.416 e. The fourth-order valence-electron chi connectivity index (χ4n) is 3.69. The second-order valence-electron chi connectivity index (χ2n) is 10.0. The molecule has 1 aliphatic rings. The van der Waals surface area contributed by atoms with Crippen molar-refractivity contribution in [3.63, 3.8) is 0 Å². The minimum absolute atomic E-state index is 0.0128. The molecule has 0 radical (unpaired) electrons. The Morgan fingerprint density at radius 1 is 1.21 bits per heavy atom. The van der Waals surface area contributed by atoms with Gasteiger partial charge < -0.3 is 19.2 Å². The van der Waals surface area contributed by atoms with Crippen molar-refractivity contribution in [1.82, 2.24) is 9.55 Å². The van der Waals surface area contributed by atoms with Crippen LogP contribution in [0.15, 0.2) is 36.4 Å². The maximum absolute atomic E-state index is 15.0. The first-order chi connectivity index (χ1) is 15.4. The van der Waals surface area contributed by atoms with Crippen molar-refractivity contribution in [2.75, 3.05) is 18.0 Å². The molecule has 174 valence electrons. The van der Waals surface area contributed by atoms with Gasteiger partial charge in [0.15, 0.2) is 0 Å². The van der Waals surface area contributed by atoms with Crippen LogP contribution < -0.4 is 9.33 Å². The van der Waals surface area contributed by atoms with Gasteiger partial charge in [0.2, 0.25) is 14.3 Å². The third-order valence-electron chi connectivity index (χ3n) is 6.68. The lowest BCUT2D eigenvalue weighted by molar-refractivity contribution is -0.111. The van der Waals surface area contributed by atoms with Gasteiger partial charge >= 0.3 is 6.09 Å². The number of anilines is 1. The summed E-state index contributed by atoms with van der Waals surface area (Å²) in [5, 5.41) is 10.5. The van der Waals surface area contributed by atoms with E-state index in [1.807, 2.05) is 4.90 Å². The van der Waals surface area contributed by atoms with Crippen molar-refractivity contribution in [2.45, 2.75) is 38.9 Å². The largest absolute Gasteiger partial charge is 0.543 e. The van der Waals surface area contributed by atoms with Gasteiger partial charge in [0, 0.05) is 24.4 Å². The summed E-state index contributed by atoms with van der Waals surface area (Å²) < 4.78 is 22.4. The SMILES string of the molecule is CC(C)(C)[Si](C)(C)Oc1ccc2c(c1)cc(-c1ccc(N3CC(C=O)C3)nc1F)n2C(=O)O. The number of pyridine rings is 1. The number of carboxylic acid groups (broad SMARTS) is 1. The highest BCUT2D eigenvalue weighted by molar-refractivity contribution is 6.74. The standard InChI is InChI=1S/C24H28FN3O4Si/c1-24(2,3)33(4,5)32-17-6-8-19-16(10-17)11-20(28(19)23(30)31)18-7-9-21(26-22(18)25)27-12-15(13-27)14-29/h6-11,14-15H,12-13H2,1-5H3,(H,30,31).